The summed E-state index contributed by atoms with van der Waals surface area (Å²) >= 11 is 0. The number of nitrogens with zero attached hydrogens (tertiary/aromatic N) is 3. The van der Waals surface area contributed by atoms with E-state index in [9.17, 15) is 4.79 Å². The average molecular weight is 329 g/mol. The number of rotatable bonds is 5. The Morgan fingerprint density at radius 3 is 2.24 bits per heavy atom. The number of ketones is 1. The van der Waals surface area contributed by atoms with Gasteiger partial charge in [0.05, 0.1) is 17.6 Å². The van der Waals surface area contributed by atoms with E-state index in [4.69, 9.17) is 0 Å². The lowest BCUT2D eigenvalue weighted by molar-refractivity contribution is 0.103. The molecule has 0 N–H and O–H groups in total. The molecule has 0 unspecified atom stereocenters. The molecule has 124 valence electrons. The van der Waals surface area contributed by atoms with Gasteiger partial charge in [-0.1, -0.05) is 60.7 Å². The lowest BCUT2D eigenvalue weighted by Gasteiger charge is -2.11. The van der Waals surface area contributed by atoms with Crippen LogP contribution in [0.2, 0.25) is 0 Å². The molecule has 0 fully saturated rings. The molecule has 0 amide bonds. The van der Waals surface area contributed by atoms with Crippen molar-refractivity contribution in [2.75, 3.05) is 14.1 Å². The minimum atomic E-state index is -0.0638. The van der Waals surface area contributed by atoms with E-state index in [0.717, 1.165) is 5.56 Å². The molecule has 0 saturated carbocycles. The van der Waals surface area contributed by atoms with E-state index in [1.165, 1.54) is 0 Å². The summed E-state index contributed by atoms with van der Waals surface area (Å²) in [6.45, 7) is 0. The summed E-state index contributed by atoms with van der Waals surface area (Å²) in [5.41, 5.74) is 3.38. The second-order valence-corrected chi connectivity index (χ2v) is 5.83. The van der Waals surface area contributed by atoms with Crippen molar-refractivity contribution < 1.29 is 4.79 Å². The largest absolute Gasteiger partial charge is 0.369 e. The maximum atomic E-state index is 13.0. The number of carbonyl (C=O) groups is 1. The van der Waals surface area contributed by atoms with Crippen molar-refractivity contribution in [2.24, 2.45) is 4.99 Å². The van der Waals surface area contributed by atoms with Crippen LogP contribution in [-0.2, 0) is 0 Å². The average Bonchev–Trinajstić information content (AvgIpc) is 2.67. The van der Waals surface area contributed by atoms with Crippen molar-refractivity contribution in [3.63, 3.8) is 0 Å². The molecule has 4 nitrogen and oxygen atoms in total. The molecule has 0 aliphatic carbocycles. The van der Waals surface area contributed by atoms with Crippen molar-refractivity contribution in [3.8, 4) is 11.3 Å². The van der Waals surface area contributed by atoms with Gasteiger partial charge in [0.1, 0.15) is 5.69 Å². The summed E-state index contributed by atoms with van der Waals surface area (Å²) in [7, 11) is 3.78. The van der Waals surface area contributed by atoms with Crippen molar-refractivity contribution in [1.82, 2.24) is 9.88 Å². The molecule has 0 radical (unpaired) electrons. The zero-order valence-corrected chi connectivity index (χ0v) is 14.3. The van der Waals surface area contributed by atoms with Gasteiger partial charge in [-0.2, -0.15) is 0 Å². The molecule has 3 aromatic rings. The summed E-state index contributed by atoms with van der Waals surface area (Å²) in [6, 6.07) is 20.7. The third-order valence-electron chi connectivity index (χ3n) is 3.67. The van der Waals surface area contributed by atoms with Crippen molar-refractivity contribution >= 4 is 17.8 Å². The van der Waals surface area contributed by atoms with E-state index in [2.05, 4.69) is 9.98 Å². The van der Waals surface area contributed by atoms with Gasteiger partial charge in [0, 0.05) is 31.4 Å². The van der Waals surface area contributed by atoms with E-state index in [-0.39, 0.29) is 5.78 Å². The Morgan fingerprint density at radius 1 is 0.960 bits per heavy atom. The molecular formula is C21H19N3O. The van der Waals surface area contributed by atoms with Crippen LogP contribution in [0.4, 0.5) is 5.69 Å². The Kier molecular flexibility index (Phi) is 5.00. The standard InChI is InChI=1S/C21H19N3O/c1-24(2)15-23-20-18(21(25)17-11-7-4-8-12-17)13-14-22-19(20)16-9-5-3-6-10-16/h3-15H,1-2H3. The molecule has 1 aromatic heterocycles. The first-order valence-corrected chi connectivity index (χ1v) is 8.01. The molecule has 3 rings (SSSR count). The molecule has 2 aromatic carbocycles. The molecule has 0 aliphatic heterocycles. The number of carbonyl (C=O) groups excluding carboxylic acids is 1. The molecular weight excluding hydrogens is 310 g/mol. The summed E-state index contributed by atoms with van der Waals surface area (Å²) in [5, 5.41) is 0. The summed E-state index contributed by atoms with van der Waals surface area (Å²) < 4.78 is 0. The molecule has 25 heavy (non-hydrogen) atoms. The minimum Gasteiger partial charge on any atom is -0.369 e. The number of aliphatic imine (C=N–C) groups is 1. The van der Waals surface area contributed by atoms with Crippen LogP contribution in [-0.4, -0.2) is 36.1 Å². The van der Waals surface area contributed by atoms with E-state index < -0.39 is 0 Å². The van der Waals surface area contributed by atoms with Crippen LogP contribution in [0, 0.1) is 0 Å². The highest BCUT2D eigenvalue weighted by molar-refractivity contribution is 6.13. The van der Waals surface area contributed by atoms with Crippen LogP contribution in [0.3, 0.4) is 0 Å². The van der Waals surface area contributed by atoms with Gasteiger partial charge in [0.2, 0.25) is 0 Å². The lowest BCUT2D eigenvalue weighted by atomic mass is 9.99. The first-order chi connectivity index (χ1) is 12.2. The van der Waals surface area contributed by atoms with Gasteiger partial charge < -0.3 is 4.90 Å². The Morgan fingerprint density at radius 2 is 1.60 bits per heavy atom. The number of hydrogen-bond acceptors (Lipinski definition) is 3. The molecule has 0 aliphatic rings. The maximum Gasteiger partial charge on any atom is 0.195 e. The van der Waals surface area contributed by atoms with Gasteiger partial charge in [-0.25, -0.2) is 4.99 Å². The summed E-state index contributed by atoms with van der Waals surface area (Å²) in [5.74, 6) is -0.0638. The first-order valence-electron chi connectivity index (χ1n) is 8.01. The Hall–Kier alpha value is -3.27. The number of aromatic nitrogens is 1. The third-order valence-corrected chi connectivity index (χ3v) is 3.67. The van der Waals surface area contributed by atoms with Crippen LogP contribution in [0.5, 0.6) is 0 Å². The molecule has 4 heteroatoms. The normalized spacial score (nSPS) is 10.8. The predicted octanol–water partition coefficient (Wildman–Crippen LogP) is 4.20. The second-order valence-electron chi connectivity index (χ2n) is 5.83. The van der Waals surface area contributed by atoms with E-state index in [1.54, 1.807) is 18.6 Å². The summed E-state index contributed by atoms with van der Waals surface area (Å²) in [4.78, 5) is 23.8. The fraction of sp³-hybridized carbons (Fsp3) is 0.0952. The second kappa shape index (κ2) is 7.53. The molecule has 0 bridgehead atoms. The quantitative estimate of drug-likeness (QED) is 0.400. The zero-order chi connectivity index (χ0) is 17.6. The fourth-order valence-corrected chi connectivity index (χ4v) is 2.49. The Balaban J connectivity index is 2.17. The smallest absolute Gasteiger partial charge is 0.195 e. The SMILES string of the molecule is CN(C)C=Nc1c(C(=O)c2ccccc2)ccnc1-c1ccccc1. The number of pyridine rings is 1. The van der Waals surface area contributed by atoms with Crippen molar-refractivity contribution in [3.05, 3.63) is 84.1 Å². The van der Waals surface area contributed by atoms with Gasteiger partial charge in [-0.05, 0) is 6.07 Å². The monoisotopic (exact) mass is 329 g/mol. The van der Waals surface area contributed by atoms with Crippen LogP contribution < -0.4 is 0 Å². The highest BCUT2D eigenvalue weighted by atomic mass is 16.1. The van der Waals surface area contributed by atoms with E-state index in [0.29, 0.717) is 22.5 Å². The van der Waals surface area contributed by atoms with Crippen LogP contribution >= 0.6 is 0 Å². The molecule has 0 spiro atoms. The predicted molar refractivity (Wildman–Crippen MR) is 101 cm³/mol. The Bertz CT molecular complexity index is 888. The number of hydrogen-bond donors (Lipinski definition) is 0. The number of benzene rings is 2. The topological polar surface area (TPSA) is 45.6 Å². The van der Waals surface area contributed by atoms with Crippen LogP contribution in [0.25, 0.3) is 11.3 Å². The fourth-order valence-electron chi connectivity index (χ4n) is 2.49. The van der Waals surface area contributed by atoms with Crippen molar-refractivity contribution in [1.29, 1.82) is 0 Å². The van der Waals surface area contributed by atoms with Gasteiger partial charge in [-0.15, -0.1) is 0 Å². The molecule has 0 atom stereocenters. The van der Waals surface area contributed by atoms with Gasteiger partial charge in [0.25, 0.3) is 0 Å². The lowest BCUT2D eigenvalue weighted by Crippen LogP contribution is -2.08. The van der Waals surface area contributed by atoms with Gasteiger partial charge in [0.15, 0.2) is 5.78 Å². The highest BCUT2D eigenvalue weighted by Crippen LogP contribution is 2.32. The minimum absolute atomic E-state index is 0.0638. The third kappa shape index (κ3) is 3.80. The first kappa shape index (κ1) is 16.6. The van der Waals surface area contributed by atoms with Gasteiger partial charge in [-0.3, -0.25) is 9.78 Å². The zero-order valence-electron chi connectivity index (χ0n) is 14.3. The highest BCUT2D eigenvalue weighted by Gasteiger charge is 2.18. The van der Waals surface area contributed by atoms with E-state index in [1.807, 2.05) is 79.7 Å². The van der Waals surface area contributed by atoms with Gasteiger partial charge >= 0.3 is 0 Å². The van der Waals surface area contributed by atoms with Crippen molar-refractivity contribution in [2.45, 2.75) is 0 Å². The Labute approximate surface area is 147 Å². The molecule has 1 heterocycles. The van der Waals surface area contributed by atoms with E-state index >= 15 is 0 Å². The molecule has 0 saturated heterocycles. The maximum absolute atomic E-state index is 13.0. The summed E-state index contributed by atoms with van der Waals surface area (Å²) in [6.07, 6.45) is 3.35. The van der Waals surface area contributed by atoms with Crippen LogP contribution in [0.15, 0.2) is 77.9 Å². The van der Waals surface area contributed by atoms with Crippen LogP contribution in [0.1, 0.15) is 15.9 Å².